The molecular formula is C26H34O4. The average Bonchev–Trinajstić information content (AvgIpc) is 2.74. The summed E-state index contributed by atoms with van der Waals surface area (Å²) in [6.07, 6.45) is 10.8. The van der Waals surface area contributed by atoms with E-state index in [0.29, 0.717) is 47.7 Å². The maximum atomic E-state index is 9.06. The normalized spacial score (nSPS) is 10.6. The van der Waals surface area contributed by atoms with E-state index >= 15 is 0 Å². The zero-order valence-electron chi connectivity index (χ0n) is 18.5. The first-order chi connectivity index (χ1) is 14.1. The summed E-state index contributed by atoms with van der Waals surface area (Å²) in [5.41, 5.74) is 3.67. The van der Waals surface area contributed by atoms with Gasteiger partial charge < -0.3 is 14.2 Å². The van der Waals surface area contributed by atoms with Gasteiger partial charge in [0.1, 0.15) is 24.4 Å². The number of hydrogen-bond donors (Lipinski definition) is 0. The molecule has 0 amide bonds. The summed E-state index contributed by atoms with van der Waals surface area (Å²) in [4.78, 5) is 9.06. The Balaban J connectivity index is 0. The minimum absolute atomic E-state index is 0.384. The van der Waals surface area contributed by atoms with Crippen LogP contribution in [0.5, 0.6) is 0 Å². The SMILES string of the molecule is C=C(C)/C=C\C(=C)C(=C)/C(=C\C(=C)C(=C)/C=C\C(=C)OC)OCCOC.C=CC=O. The third kappa shape index (κ3) is 14.7. The molecule has 0 fully saturated rings. The Morgan fingerprint density at radius 3 is 1.87 bits per heavy atom. The van der Waals surface area contributed by atoms with Crippen molar-refractivity contribution in [2.24, 2.45) is 0 Å². The highest BCUT2D eigenvalue weighted by Gasteiger charge is 2.08. The number of hydrogen-bond acceptors (Lipinski definition) is 4. The minimum Gasteiger partial charge on any atom is -0.497 e. The van der Waals surface area contributed by atoms with Gasteiger partial charge in [-0.05, 0) is 41.9 Å². The van der Waals surface area contributed by atoms with Gasteiger partial charge in [0, 0.05) is 12.7 Å². The Morgan fingerprint density at radius 2 is 1.40 bits per heavy atom. The number of allylic oxidation sites excluding steroid dienone is 10. The van der Waals surface area contributed by atoms with Gasteiger partial charge in [-0.2, -0.15) is 0 Å². The molecule has 0 atom stereocenters. The maximum Gasteiger partial charge on any atom is 0.142 e. The van der Waals surface area contributed by atoms with E-state index in [2.05, 4.69) is 46.1 Å². The first kappa shape index (κ1) is 28.8. The molecule has 0 radical (unpaired) electrons. The molecule has 0 aromatic heterocycles. The largest absolute Gasteiger partial charge is 0.497 e. The molecule has 0 rings (SSSR count). The Kier molecular flexibility index (Phi) is 17.0. The van der Waals surface area contributed by atoms with Crippen LogP contribution in [0.15, 0.2) is 122 Å². The van der Waals surface area contributed by atoms with Crippen molar-refractivity contribution in [3.63, 3.8) is 0 Å². The van der Waals surface area contributed by atoms with Crippen LogP contribution in [0.25, 0.3) is 0 Å². The molecule has 0 aliphatic carbocycles. The van der Waals surface area contributed by atoms with Crippen LogP contribution in [0.4, 0.5) is 0 Å². The first-order valence-corrected chi connectivity index (χ1v) is 9.05. The Labute approximate surface area is 181 Å². The number of rotatable bonds is 14. The highest BCUT2D eigenvalue weighted by molar-refractivity contribution is 5.63. The van der Waals surface area contributed by atoms with Crippen LogP contribution in [0.3, 0.4) is 0 Å². The lowest BCUT2D eigenvalue weighted by Crippen LogP contribution is -2.04. The van der Waals surface area contributed by atoms with Crippen molar-refractivity contribution in [1.29, 1.82) is 0 Å². The number of methoxy groups -OCH3 is 2. The monoisotopic (exact) mass is 410 g/mol. The van der Waals surface area contributed by atoms with Crippen molar-refractivity contribution in [2.45, 2.75) is 6.92 Å². The van der Waals surface area contributed by atoms with Crippen molar-refractivity contribution in [3.8, 4) is 0 Å². The second kappa shape index (κ2) is 17.7. The van der Waals surface area contributed by atoms with Crippen molar-refractivity contribution < 1.29 is 19.0 Å². The lowest BCUT2D eigenvalue weighted by Gasteiger charge is -2.14. The van der Waals surface area contributed by atoms with Gasteiger partial charge >= 0.3 is 0 Å². The highest BCUT2D eigenvalue weighted by atomic mass is 16.5. The average molecular weight is 411 g/mol. The fourth-order valence-corrected chi connectivity index (χ4v) is 1.57. The Morgan fingerprint density at radius 1 is 0.833 bits per heavy atom. The van der Waals surface area contributed by atoms with Crippen LogP contribution in [0.2, 0.25) is 0 Å². The molecule has 0 spiro atoms. The van der Waals surface area contributed by atoms with Crippen molar-refractivity contribution in [1.82, 2.24) is 0 Å². The topological polar surface area (TPSA) is 44.8 Å². The van der Waals surface area contributed by atoms with E-state index in [1.165, 1.54) is 6.08 Å². The van der Waals surface area contributed by atoms with E-state index < -0.39 is 0 Å². The van der Waals surface area contributed by atoms with Crippen LogP contribution in [0.1, 0.15) is 6.92 Å². The molecule has 162 valence electrons. The van der Waals surface area contributed by atoms with Gasteiger partial charge in [-0.15, -0.1) is 0 Å². The molecule has 0 N–H and O–H groups in total. The van der Waals surface area contributed by atoms with E-state index in [4.69, 9.17) is 19.0 Å². The summed E-state index contributed by atoms with van der Waals surface area (Å²) in [6, 6.07) is 0. The molecular weight excluding hydrogens is 376 g/mol. The Bertz CT molecular complexity index is 752. The smallest absolute Gasteiger partial charge is 0.142 e. The van der Waals surface area contributed by atoms with E-state index in [-0.39, 0.29) is 0 Å². The third-order valence-corrected chi connectivity index (χ3v) is 3.35. The predicted molar refractivity (Wildman–Crippen MR) is 128 cm³/mol. The summed E-state index contributed by atoms with van der Waals surface area (Å²) >= 11 is 0. The fraction of sp³-hybridized carbons (Fsp3) is 0.192. The number of carbonyl (C=O) groups is 1. The zero-order valence-corrected chi connectivity index (χ0v) is 18.5. The zero-order chi connectivity index (χ0) is 23.5. The van der Waals surface area contributed by atoms with Gasteiger partial charge in [-0.3, -0.25) is 4.79 Å². The summed E-state index contributed by atoms with van der Waals surface area (Å²) in [7, 11) is 3.17. The predicted octanol–water partition coefficient (Wildman–Crippen LogP) is 5.98. The van der Waals surface area contributed by atoms with Crippen LogP contribution >= 0.6 is 0 Å². The highest BCUT2D eigenvalue weighted by Crippen LogP contribution is 2.22. The summed E-state index contributed by atoms with van der Waals surface area (Å²) < 4.78 is 15.8. The van der Waals surface area contributed by atoms with Crippen LogP contribution in [0, 0.1) is 0 Å². The van der Waals surface area contributed by atoms with E-state index in [9.17, 15) is 0 Å². The van der Waals surface area contributed by atoms with Crippen molar-refractivity contribution >= 4 is 6.29 Å². The fourth-order valence-electron chi connectivity index (χ4n) is 1.57. The number of ether oxygens (including phenoxy) is 3. The van der Waals surface area contributed by atoms with Gasteiger partial charge in [0.15, 0.2) is 0 Å². The molecule has 4 heteroatoms. The lowest BCUT2D eigenvalue weighted by molar-refractivity contribution is -0.104. The van der Waals surface area contributed by atoms with Crippen LogP contribution in [-0.2, 0) is 19.0 Å². The maximum absolute atomic E-state index is 9.06. The molecule has 0 unspecified atom stereocenters. The number of aldehydes is 1. The van der Waals surface area contributed by atoms with Gasteiger partial charge in [-0.1, -0.05) is 69.9 Å². The van der Waals surface area contributed by atoms with E-state index in [1.807, 2.05) is 19.1 Å². The molecule has 0 saturated carbocycles. The summed E-state index contributed by atoms with van der Waals surface area (Å²) in [5.74, 6) is 1.09. The van der Waals surface area contributed by atoms with Crippen LogP contribution in [-0.4, -0.2) is 33.7 Å². The molecule has 4 nitrogen and oxygen atoms in total. The molecule has 0 aliphatic rings. The molecule has 0 saturated heterocycles. The first-order valence-electron chi connectivity index (χ1n) is 9.05. The van der Waals surface area contributed by atoms with Gasteiger partial charge in [0.05, 0.1) is 13.7 Å². The molecule has 0 aromatic carbocycles. The molecule has 0 heterocycles. The van der Waals surface area contributed by atoms with Gasteiger partial charge in [0.25, 0.3) is 0 Å². The van der Waals surface area contributed by atoms with E-state index in [0.717, 1.165) is 11.1 Å². The molecule has 0 aliphatic heterocycles. The minimum atomic E-state index is 0.384. The second-order valence-electron chi connectivity index (χ2n) is 5.96. The van der Waals surface area contributed by atoms with Crippen molar-refractivity contribution in [3.05, 3.63) is 122 Å². The molecule has 30 heavy (non-hydrogen) atoms. The molecule has 0 aromatic rings. The number of carbonyl (C=O) groups excluding carboxylic acids is 1. The lowest BCUT2D eigenvalue weighted by atomic mass is 10.0. The standard InChI is InChI=1S/C23H30O3.C3H4O/c1-17(2)10-11-19(4)22(7)23(26-15-14-24-8)16-20(5)18(3)12-13-21(6)25-9;1-2-3-4/h10-13,16H,1,3-7,14-15H2,2,8-9H3;2-3H,1H2/b11-10-,13-12-,23-16+;. The summed E-state index contributed by atoms with van der Waals surface area (Å²) in [6.45, 7) is 29.5. The van der Waals surface area contributed by atoms with Crippen LogP contribution < -0.4 is 0 Å². The summed E-state index contributed by atoms with van der Waals surface area (Å²) in [5, 5.41) is 0. The quantitative estimate of drug-likeness (QED) is 0.116. The second-order valence-corrected chi connectivity index (χ2v) is 5.96. The van der Waals surface area contributed by atoms with Crippen molar-refractivity contribution in [2.75, 3.05) is 27.4 Å². The third-order valence-electron chi connectivity index (χ3n) is 3.35. The Hall–Kier alpha value is -3.37. The van der Waals surface area contributed by atoms with E-state index in [1.54, 1.807) is 32.4 Å². The van der Waals surface area contributed by atoms with Gasteiger partial charge in [0.2, 0.25) is 0 Å². The molecule has 0 bridgehead atoms. The van der Waals surface area contributed by atoms with Gasteiger partial charge in [-0.25, -0.2) is 0 Å².